The minimum absolute atomic E-state index is 0.274. The lowest BCUT2D eigenvalue weighted by Crippen LogP contribution is -2.05. The number of nitrogens with one attached hydrogen (secondary N) is 1. The van der Waals surface area contributed by atoms with Gasteiger partial charge in [-0.3, -0.25) is 0 Å². The predicted molar refractivity (Wildman–Crippen MR) is 111 cm³/mol. The van der Waals surface area contributed by atoms with Crippen LogP contribution in [-0.4, -0.2) is 24.1 Å². The Morgan fingerprint density at radius 2 is 1.73 bits per heavy atom. The fourth-order valence-electron chi connectivity index (χ4n) is 2.72. The molecule has 1 heterocycles. The summed E-state index contributed by atoms with van der Waals surface area (Å²) in [5.74, 6) is -0.274. The van der Waals surface area contributed by atoms with Gasteiger partial charge in [-0.15, -0.1) is 0 Å². The minimum atomic E-state index is -0.274. The second kappa shape index (κ2) is 11.7. The molecule has 4 nitrogen and oxygen atoms in total. The van der Waals surface area contributed by atoms with Gasteiger partial charge in [0.25, 0.3) is 0 Å². The molecule has 0 bridgehead atoms. The molecular formula is C21H30N2O2S. The van der Waals surface area contributed by atoms with Crippen molar-refractivity contribution >= 4 is 32.7 Å². The molecule has 0 aliphatic rings. The van der Waals surface area contributed by atoms with Crippen LogP contribution in [0.1, 0.15) is 58.3 Å². The number of anilines is 1. The number of esters is 1. The van der Waals surface area contributed by atoms with E-state index in [-0.39, 0.29) is 5.97 Å². The average Bonchev–Trinajstić information content (AvgIpc) is 3.05. The van der Waals surface area contributed by atoms with Gasteiger partial charge >= 0.3 is 5.97 Å². The number of ether oxygens (including phenoxy) is 1. The molecule has 0 unspecified atom stereocenters. The third-order valence-electron chi connectivity index (χ3n) is 4.22. The first kappa shape index (κ1) is 20.4. The molecule has 0 fully saturated rings. The number of benzene rings is 1. The molecule has 2 aromatic rings. The maximum absolute atomic E-state index is 11.2. The molecule has 26 heavy (non-hydrogen) atoms. The van der Waals surface area contributed by atoms with Gasteiger partial charge in [-0.2, -0.15) is 0 Å². The minimum Gasteiger partial charge on any atom is -0.462 e. The molecule has 0 saturated heterocycles. The van der Waals surface area contributed by atoms with Gasteiger partial charge in [-0.1, -0.05) is 68.6 Å². The lowest BCUT2D eigenvalue weighted by Gasteiger charge is -2.05. The summed E-state index contributed by atoms with van der Waals surface area (Å²) in [4.78, 5) is 15.8. The molecule has 0 aliphatic carbocycles. The normalized spacial score (nSPS) is 10.8. The number of hydrogen-bond acceptors (Lipinski definition) is 5. The van der Waals surface area contributed by atoms with E-state index in [2.05, 4.69) is 35.1 Å². The van der Waals surface area contributed by atoms with Crippen LogP contribution in [0.15, 0.2) is 36.4 Å². The SMILES string of the molecule is C=C(C)C(=O)OCCCCCCCCCCNc1nc2ccccc2s1. The highest BCUT2D eigenvalue weighted by atomic mass is 32.1. The molecule has 0 aliphatic heterocycles. The van der Waals surface area contributed by atoms with Crippen molar-refractivity contribution < 1.29 is 9.53 Å². The van der Waals surface area contributed by atoms with Crippen molar-refractivity contribution in [1.29, 1.82) is 0 Å². The number of rotatable bonds is 13. The van der Waals surface area contributed by atoms with Crippen LogP contribution in [-0.2, 0) is 9.53 Å². The van der Waals surface area contributed by atoms with E-state index in [0.717, 1.165) is 30.0 Å². The first-order valence-corrected chi connectivity index (χ1v) is 10.4. The fourth-order valence-corrected chi connectivity index (χ4v) is 3.61. The van der Waals surface area contributed by atoms with Crippen molar-refractivity contribution in [2.45, 2.75) is 58.3 Å². The Morgan fingerprint density at radius 3 is 2.42 bits per heavy atom. The molecule has 0 radical (unpaired) electrons. The molecule has 1 aromatic carbocycles. The fraction of sp³-hybridized carbons (Fsp3) is 0.524. The Hall–Kier alpha value is -1.88. The summed E-state index contributed by atoms with van der Waals surface area (Å²) in [5.41, 5.74) is 1.55. The average molecular weight is 375 g/mol. The summed E-state index contributed by atoms with van der Waals surface area (Å²) in [7, 11) is 0. The third kappa shape index (κ3) is 7.56. The van der Waals surface area contributed by atoms with E-state index in [1.54, 1.807) is 18.3 Å². The van der Waals surface area contributed by atoms with Crippen LogP contribution in [0.5, 0.6) is 0 Å². The number of thiazole rings is 1. The number of fused-ring (bicyclic) bond motifs is 1. The van der Waals surface area contributed by atoms with E-state index >= 15 is 0 Å². The van der Waals surface area contributed by atoms with Gasteiger partial charge in [0.15, 0.2) is 5.13 Å². The van der Waals surface area contributed by atoms with Crippen LogP contribution in [0.25, 0.3) is 10.2 Å². The van der Waals surface area contributed by atoms with E-state index in [0.29, 0.717) is 12.2 Å². The number of hydrogen-bond donors (Lipinski definition) is 1. The number of unbranched alkanes of at least 4 members (excludes halogenated alkanes) is 7. The third-order valence-corrected chi connectivity index (χ3v) is 5.22. The maximum Gasteiger partial charge on any atom is 0.333 e. The van der Waals surface area contributed by atoms with Crippen LogP contribution < -0.4 is 5.32 Å². The number of para-hydroxylation sites is 1. The maximum atomic E-state index is 11.2. The summed E-state index contributed by atoms with van der Waals surface area (Å²) in [5, 5.41) is 4.46. The smallest absolute Gasteiger partial charge is 0.333 e. The standard InChI is InChI=1S/C21H30N2O2S/c1-17(2)20(24)25-16-12-8-6-4-3-5-7-11-15-22-21-23-18-13-9-10-14-19(18)26-21/h9-10,13-14H,1,3-8,11-12,15-16H2,2H3,(H,22,23). The molecule has 1 aromatic heterocycles. The first-order chi connectivity index (χ1) is 12.7. The Labute approximate surface area is 160 Å². The number of nitrogens with zero attached hydrogens (tertiary/aromatic N) is 1. The molecule has 0 amide bonds. The van der Waals surface area contributed by atoms with Gasteiger partial charge in [0, 0.05) is 12.1 Å². The van der Waals surface area contributed by atoms with E-state index in [1.165, 1.54) is 43.2 Å². The molecule has 5 heteroatoms. The van der Waals surface area contributed by atoms with Crippen LogP contribution >= 0.6 is 11.3 Å². The highest BCUT2D eigenvalue weighted by Gasteiger charge is 2.02. The second-order valence-corrected chi connectivity index (χ2v) is 7.69. The van der Waals surface area contributed by atoms with Crippen molar-refractivity contribution in [2.75, 3.05) is 18.5 Å². The van der Waals surface area contributed by atoms with Gasteiger partial charge in [0.1, 0.15) is 0 Å². The van der Waals surface area contributed by atoms with E-state index in [9.17, 15) is 4.79 Å². The Kier molecular flexibility index (Phi) is 9.18. The molecule has 1 N–H and O–H groups in total. The lowest BCUT2D eigenvalue weighted by molar-refractivity contribution is -0.139. The predicted octanol–water partition coefficient (Wildman–Crippen LogP) is 5.95. The largest absolute Gasteiger partial charge is 0.462 e. The molecule has 0 saturated carbocycles. The van der Waals surface area contributed by atoms with Gasteiger partial charge in [0.2, 0.25) is 0 Å². The van der Waals surface area contributed by atoms with Crippen LogP contribution in [0.4, 0.5) is 5.13 Å². The van der Waals surface area contributed by atoms with E-state index in [1.807, 2.05) is 6.07 Å². The monoisotopic (exact) mass is 374 g/mol. The highest BCUT2D eigenvalue weighted by Crippen LogP contribution is 2.25. The van der Waals surface area contributed by atoms with Crippen molar-refractivity contribution in [2.24, 2.45) is 0 Å². The summed E-state index contributed by atoms with van der Waals surface area (Å²) >= 11 is 1.72. The van der Waals surface area contributed by atoms with Gasteiger partial charge in [-0.25, -0.2) is 9.78 Å². The Balaban J connectivity index is 1.39. The van der Waals surface area contributed by atoms with Crippen LogP contribution in [0.2, 0.25) is 0 Å². The quantitative estimate of drug-likeness (QED) is 0.267. The number of aromatic nitrogens is 1. The summed E-state index contributed by atoms with van der Waals surface area (Å²) in [6.45, 7) is 6.76. The first-order valence-electron chi connectivity index (χ1n) is 9.59. The van der Waals surface area contributed by atoms with Gasteiger partial charge in [-0.05, 0) is 31.9 Å². The Bertz CT molecular complexity index is 663. The number of carbonyl (C=O) groups is 1. The lowest BCUT2D eigenvalue weighted by atomic mass is 10.1. The zero-order valence-corrected chi connectivity index (χ0v) is 16.6. The molecule has 2 rings (SSSR count). The molecule has 0 spiro atoms. The zero-order chi connectivity index (χ0) is 18.6. The Morgan fingerprint density at radius 1 is 1.08 bits per heavy atom. The van der Waals surface area contributed by atoms with Crippen molar-refractivity contribution in [3.05, 3.63) is 36.4 Å². The van der Waals surface area contributed by atoms with Crippen LogP contribution in [0, 0.1) is 0 Å². The topological polar surface area (TPSA) is 51.2 Å². The van der Waals surface area contributed by atoms with Crippen molar-refractivity contribution in [3.8, 4) is 0 Å². The summed E-state index contributed by atoms with van der Waals surface area (Å²) in [6.07, 6.45) is 9.57. The number of carbonyl (C=O) groups excluding carboxylic acids is 1. The summed E-state index contributed by atoms with van der Waals surface area (Å²) < 4.78 is 6.32. The highest BCUT2D eigenvalue weighted by molar-refractivity contribution is 7.22. The van der Waals surface area contributed by atoms with Gasteiger partial charge in [0.05, 0.1) is 16.8 Å². The zero-order valence-electron chi connectivity index (χ0n) is 15.8. The van der Waals surface area contributed by atoms with Gasteiger partial charge < -0.3 is 10.1 Å². The second-order valence-electron chi connectivity index (χ2n) is 6.66. The van der Waals surface area contributed by atoms with Crippen LogP contribution in [0.3, 0.4) is 0 Å². The molecule has 0 atom stereocenters. The van der Waals surface area contributed by atoms with E-state index < -0.39 is 0 Å². The summed E-state index contributed by atoms with van der Waals surface area (Å²) in [6, 6.07) is 8.25. The molecule has 142 valence electrons. The van der Waals surface area contributed by atoms with Crippen molar-refractivity contribution in [1.82, 2.24) is 4.98 Å². The van der Waals surface area contributed by atoms with E-state index in [4.69, 9.17) is 4.74 Å². The molecular weight excluding hydrogens is 344 g/mol. The van der Waals surface area contributed by atoms with Crippen molar-refractivity contribution in [3.63, 3.8) is 0 Å².